The molecule has 3 heterocycles. The molecule has 0 radical (unpaired) electrons. The summed E-state index contributed by atoms with van der Waals surface area (Å²) in [5, 5.41) is 0.316. The van der Waals surface area contributed by atoms with E-state index in [0.29, 0.717) is 23.4 Å². The van der Waals surface area contributed by atoms with Crippen LogP contribution in [-0.2, 0) is 13.6 Å². The van der Waals surface area contributed by atoms with Gasteiger partial charge < -0.3 is 9.55 Å². The summed E-state index contributed by atoms with van der Waals surface area (Å²) < 4.78 is 2.77. The third kappa shape index (κ3) is 8.26. The molecule has 8 nitrogen and oxygen atoms in total. The Balaban J connectivity index is 1.33. The molecule has 2 aromatic rings. The van der Waals surface area contributed by atoms with Crippen LogP contribution in [0.25, 0.3) is 33.8 Å². The molecule has 8 heteroatoms. The molecule has 0 saturated heterocycles. The van der Waals surface area contributed by atoms with Crippen LogP contribution < -0.4 is 16.8 Å². The number of rotatable bonds is 18. The molecule has 2 aliphatic rings. The Morgan fingerprint density at radius 3 is 1.83 bits per heavy atom. The SMILES string of the molecule is CCCCCCCCCCCCCCCCCCn1c2nc(=O)n(C)c(=O)c-2cc2c(=O)[nH]c(-c3ccccc3)nc21. The van der Waals surface area contributed by atoms with Gasteiger partial charge in [-0.2, -0.15) is 4.98 Å². The van der Waals surface area contributed by atoms with E-state index >= 15 is 0 Å². The second-order valence-corrected chi connectivity index (χ2v) is 11.6. The number of benzene rings is 1. The van der Waals surface area contributed by atoms with Crippen LogP contribution in [-0.4, -0.2) is 24.1 Å². The maximum absolute atomic E-state index is 13.2. The first-order valence-corrected chi connectivity index (χ1v) is 16.1. The third-order valence-corrected chi connectivity index (χ3v) is 8.28. The quantitative estimate of drug-likeness (QED) is 0.100. The molecular formula is C34H47N5O3. The Hall–Kier alpha value is -3.55. The van der Waals surface area contributed by atoms with Gasteiger partial charge in [0.1, 0.15) is 11.5 Å². The number of hydrogen-bond donors (Lipinski definition) is 1. The Bertz CT molecular complexity index is 1550. The van der Waals surface area contributed by atoms with Crippen LogP contribution in [0.1, 0.15) is 110 Å². The number of pyridine rings is 1. The van der Waals surface area contributed by atoms with Crippen molar-refractivity contribution in [2.45, 2.75) is 116 Å². The Kier molecular flexibility index (Phi) is 12.1. The molecule has 1 aromatic heterocycles. The second kappa shape index (κ2) is 16.2. The van der Waals surface area contributed by atoms with Crippen molar-refractivity contribution in [1.29, 1.82) is 0 Å². The van der Waals surface area contributed by atoms with Crippen molar-refractivity contribution in [2.24, 2.45) is 7.05 Å². The minimum absolute atomic E-state index is 0.251. The molecule has 226 valence electrons. The van der Waals surface area contributed by atoms with Crippen molar-refractivity contribution >= 4 is 11.0 Å². The number of unbranched alkanes of at least 4 members (excludes halogenated alkanes) is 15. The van der Waals surface area contributed by atoms with E-state index in [9.17, 15) is 14.4 Å². The van der Waals surface area contributed by atoms with Crippen molar-refractivity contribution < 1.29 is 0 Å². The van der Waals surface area contributed by atoms with Crippen LogP contribution in [0.4, 0.5) is 0 Å². The Labute approximate surface area is 248 Å². The van der Waals surface area contributed by atoms with E-state index in [1.54, 1.807) is 4.57 Å². The minimum atomic E-state index is -0.610. The van der Waals surface area contributed by atoms with Gasteiger partial charge in [0, 0.05) is 19.2 Å². The molecule has 0 amide bonds. The maximum Gasteiger partial charge on any atom is 0.352 e. The smallest absolute Gasteiger partial charge is 0.309 e. The minimum Gasteiger partial charge on any atom is -0.309 e. The summed E-state index contributed by atoms with van der Waals surface area (Å²) in [5.74, 6) is 0.730. The number of hydrogen-bond acceptors (Lipinski definition) is 5. The van der Waals surface area contributed by atoms with Gasteiger partial charge in [-0.1, -0.05) is 134 Å². The molecular weight excluding hydrogens is 526 g/mol. The van der Waals surface area contributed by atoms with Gasteiger partial charge in [0.2, 0.25) is 0 Å². The molecule has 2 aliphatic heterocycles. The lowest BCUT2D eigenvalue weighted by atomic mass is 10.0. The normalized spacial score (nSPS) is 11.6. The lowest BCUT2D eigenvalue weighted by Gasteiger charge is -2.17. The summed E-state index contributed by atoms with van der Waals surface area (Å²) in [6.45, 7) is 2.79. The number of nitrogens with zero attached hydrogens (tertiary/aromatic N) is 4. The standard InChI is InChI=1S/C34H47N5O3/c1-3-4-5-6-7-8-9-10-11-12-13-14-15-16-17-21-24-39-30-27(25-28-31(39)37-34(42)38(2)33(28)41)32(40)36-29(35-30)26-22-19-18-20-23-26/h18-20,22-23,25H,3-17,21,24H2,1-2H3,(H,35,36,40). The van der Waals surface area contributed by atoms with Gasteiger partial charge in [0.15, 0.2) is 5.82 Å². The van der Waals surface area contributed by atoms with Crippen molar-refractivity contribution in [3.63, 3.8) is 0 Å². The molecule has 1 aromatic carbocycles. The zero-order chi connectivity index (χ0) is 29.7. The Morgan fingerprint density at radius 1 is 0.714 bits per heavy atom. The first-order chi connectivity index (χ1) is 20.5. The average molecular weight is 574 g/mol. The van der Waals surface area contributed by atoms with E-state index in [1.807, 2.05) is 30.3 Å². The first kappa shape index (κ1) is 31.4. The molecule has 42 heavy (non-hydrogen) atoms. The molecule has 0 saturated carbocycles. The van der Waals surface area contributed by atoms with Gasteiger partial charge in [-0.05, 0) is 12.5 Å². The number of H-pyrrole nitrogens is 1. The van der Waals surface area contributed by atoms with Crippen LogP contribution in [0.2, 0.25) is 0 Å². The summed E-state index contributed by atoms with van der Waals surface area (Å²) in [7, 11) is 1.40. The largest absolute Gasteiger partial charge is 0.352 e. The number of aromatic nitrogens is 5. The van der Waals surface area contributed by atoms with Crippen LogP contribution in [0.3, 0.4) is 0 Å². The van der Waals surface area contributed by atoms with Crippen LogP contribution in [0.15, 0.2) is 50.8 Å². The fourth-order valence-corrected chi connectivity index (χ4v) is 5.73. The van der Waals surface area contributed by atoms with Gasteiger partial charge in [0.25, 0.3) is 11.1 Å². The van der Waals surface area contributed by atoms with E-state index in [0.717, 1.165) is 29.4 Å². The molecule has 0 atom stereocenters. The van der Waals surface area contributed by atoms with Gasteiger partial charge in [-0.3, -0.25) is 14.2 Å². The monoisotopic (exact) mass is 573 g/mol. The predicted octanol–water partition coefficient (Wildman–Crippen LogP) is 7.21. The van der Waals surface area contributed by atoms with Gasteiger partial charge in [-0.25, -0.2) is 9.78 Å². The van der Waals surface area contributed by atoms with Gasteiger partial charge >= 0.3 is 5.69 Å². The highest BCUT2D eigenvalue weighted by Gasteiger charge is 2.21. The number of aromatic amines is 1. The van der Waals surface area contributed by atoms with E-state index in [-0.39, 0.29) is 16.9 Å². The van der Waals surface area contributed by atoms with E-state index in [2.05, 4.69) is 16.9 Å². The Morgan fingerprint density at radius 2 is 1.26 bits per heavy atom. The number of aryl methyl sites for hydroxylation is 1. The van der Waals surface area contributed by atoms with Crippen LogP contribution in [0.5, 0.6) is 0 Å². The fraction of sp³-hybridized carbons (Fsp3) is 0.559. The van der Waals surface area contributed by atoms with Crippen molar-refractivity contribution in [3.05, 3.63) is 67.6 Å². The summed E-state index contributed by atoms with van der Waals surface area (Å²) >= 11 is 0. The molecule has 0 spiro atoms. The van der Waals surface area contributed by atoms with E-state index in [4.69, 9.17) is 4.98 Å². The molecule has 0 fully saturated rings. The van der Waals surface area contributed by atoms with Gasteiger partial charge in [0.05, 0.1) is 10.9 Å². The highest BCUT2D eigenvalue weighted by atomic mass is 16.2. The predicted molar refractivity (Wildman–Crippen MR) is 171 cm³/mol. The van der Waals surface area contributed by atoms with Crippen LogP contribution in [0, 0.1) is 0 Å². The van der Waals surface area contributed by atoms with Crippen LogP contribution >= 0.6 is 0 Å². The molecule has 0 aliphatic carbocycles. The van der Waals surface area contributed by atoms with E-state index in [1.165, 1.54) is 96.6 Å². The molecule has 0 unspecified atom stereocenters. The second-order valence-electron chi connectivity index (χ2n) is 11.6. The zero-order valence-corrected chi connectivity index (χ0v) is 25.5. The van der Waals surface area contributed by atoms with Crippen molar-refractivity contribution in [3.8, 4) is 22.8 Å². The molecule has 4 rings (SSSR count). The van der Waals surface area contributed by atoms with Crippen molar-refractivity contribution in [1.82, 2.24) is 24.1 Å². The summed E-state index contributed by atoms with van der Waals surface area (Å²) in [6.07, 6.45) is 20.5. The first-order valence-electron chi connectivity index (χ1n) is 16.1. The van der Waals surface area contributed by atoms with Gasteiger partial charge in [-0.15, -0.1) is 0 Å². The zero-order valence-electron chi connectivity index (χ0n) is 25.5. The average Bonchev–Trinajstić information content (AvgIpc) is 3.00. The third-order valence-electron chi connectivity index (χ3n) is 8.28. The highest BCUT2D eigenvalue weighted by molar-refractivity contribution is 5.83. The van der Waals surface area contributed by atoms with Crippen molar-refractivity contribution in [2.75, 3.05) is 0 Å². The lowest BCUT2D eigenvalue weighted by molar-refractivity contribution is 0.521. The topological polar surface area (TPSA) is 103 Å². The fourth-order valence-electron chi connectivity index (χ4n) is 5.73. The number of nitrogens with one attached hydrogen (secondary N) is 1. The summed E-state index contributed by atoms with van der Waals surface area (Å²) in [5.41, 5.74) is 0.0775. The maximum atomic E-state index is 13.2. The summed E-state index contributed by atoms with van der Waals surface area (Å²) in [6, 6.07) is 11.0. The molecule has 0 bridgehead atoms. The lowest BCUT2D eigenvalue weighted by Crippen LogP contribution is -2.36. The molecule has 1 N–H and O–H groups in total. The van der Waals surface area contributed by atoms with E-state index < -0.39 is 11.2 Å². The highest BCUT2D eigenvalue weighted by Crippen LogP contribution is 2.24. The number of fused-ring (bicyclic) bond motifs is 2. The summed E-state index contributed by atoms with van der Waals surface area (Å²) in [4.78, 5) is 50.4.